The Kier molecular flexibility index (Phi) is 5.06. The van der Waals surface area contributed by atoms with Gasteiger partial charge in [-0.3, -0.25) is 9.79 Å². The molecule has 156 valence electrons. The van der Waals surface area contributed by atoms with Gasteiger partial charge >= 0.3 is 0 Å². The molecule has 6 nitrogen and oxygen atoms in total. The molecule has 2 heterocycles. The number of amides is 1. The number of carbonyl (C=O) groups is 1. The van der Waals surface area contributed by atoms with Crippen molar-refractivity contribution in [1.82, 2.24) is 5.32 Å². The second-order valence-corrected chi connectivity index (χ2v) is 11.4. The van der Waals surface area contributed by atoms with E-state index in [9.17, 15) is 13.2 Å². The average molecular weight is 442 g/mol. The fourth-order valence-corrected chi connectivity index (χ4v) is 8.07. The predicted molar refractivity (Wildman–Crippen MR) is 121 cm³/mol. The highest BCUT2D eigenvalue weighted by Gasteiger charge is 2.42. The largest absolute Gasteiger partial charge is 0.345 e. The Morgan fingerprint density at radius 3 is 2.67 bits per heavy atom. The number of benzene rings is 2. The number of carbonyl (C=O) groups excluding carboxylic acids is 1. The smallest absolute Gasteiger partial charge is 0.251 e. The number of hydrogen-bond acceptors (Lipinski definition) is 6. The third kappa shape index (κ3) is 3.98. The number of rotatable bonds is 3. The third-order valence-electron chi connectivity index (χ3n) is 5.89. The van der Waals surface area contributed by atoms with Crippen molar-refractivity contribution >= 4 is 38.4 Å². The second-order valence-electron chi connectivity index (χ2n) is 8.05. The van der Waals surface area contributed by atoms with Crippen LogP contribution in [0.25, 0.3) is 0 Å². The number of aliphatic imine (C=N–C) groups is 1. The fourth-order valence-electron chi connectivity index (χ4n) is 4.39. The summed E-state index contributed by atoms with van der Waals surface area (Å²) >= 11 is 1.49. The first-order valence-corrected chi connectivity index (χ1v) is 12.9. The van der Waals surface area contributed by atoms with E-state index in [1.165, 1.54) is 22.9 Å². The SMILES string of the molecule is O=C(N[C@@H]1CCCc2ccccc21)c1ccc(NC2=N[C@H]3CS(=O)(=O)C[C@H]3S2)cc1. The Hall–Kier alpha value is -2.32. The van der Waals surface area contributed by atoms with Crippen LogP contribution in [0.2, 0.25) is 0 Å². The van der Waals surface area contributed by atoms with Gasteiger partial charge in [-0.05, 0) is 54.7 Å². The van der Waals surface area contributed by atoms with Crippen LogP contribution in [0.5, 0.6) is 0 Å². The molecule has 30 heavy (non-hydrogen) atoms. The van der Waals surface area contributed by atoms with Gasteiger partial charge in [0.15, 0.2) is 15.0 Å². The summed E-state index contributed by atoms with van der Waals surface area (Å²) in [5.74, 6) is 0.259. The van der Waals surface area contributed by atoms with Crippen LogP contribution in [0, 0.1) is 0 Å². The van der Waals surface area contributed by atoms with E-state index in [-0.39, 0.29) is 34.7 Å². The van der Waals surface area contributed by atoms with E-state index in [2.05, 4.69) is 27.8 Å². The molecule has 2 N–H and O–H groups in total. The highest BCUT2D eigenvalue weighted by Crippen LogP contribution is 2.34. The molecule has 1 aliphatic carbocycles. The van der Waals surface area contributed by atoms with Crippen LogP contribution in [-0.4, -0.2) is 42.3 Å². The van der Waals surface area contributed by atoms with Crippen LogP contribution in [0.3, 0.4) is 0 Å². The van der Waals surface area contributed by atoms with Crippen molar-refractivity contribution in [2.45, 2.75) is 36.6 Å². The van der Waals surface area contributed by atoms with Crippen molar-refractivity contribution in [3.8, 4) is 0 Å². The minimum atomic E-state index is -2.95. The summed E-state index contributed by atoms with van der Waals surface area (Å²) in [5, 5.41) is 7.18. The van der Waals surface area contributed by atoms with E-state index in [1.807, 2.05) is 24.3 Å². The Bertz CT molecular complexity index is 1110. The lowest BCUT2D eigenvalue weighted by Gasteiger charge is -2.26. The quantitative estimate of drug-likeness (QED) is 0.764. The molecular formula is C22H23N3O3S2. The van der Waals surface area contributed by atoms with Crippen molar-refractivity contribution < 1.29 is 13.2 Å². The Labute approximate surface area is 180 Å². The second kappa shape index (κ2) is 7.74. The van der Waals surface area contributed by atoms with Crippen LogP contribution in [-0.2, 0) is 16.3 Å². The van der Waals surface area contributed by atoms with E-state index in [4.69, 9.17) is 0 Å². The zero-order valence-electron chi connectivity index (χ0n) is 16.4. The van der Waals surface area contributed by atoms with Gasteiger partial charge in [0.2, 0.25) is 0 Å². The molecule has 3 aliphatic rings. The lowest BCUT2D eigenvalue weighted by atomic mass is 9.87. The fraction of sp³-hybridized carbons (Fsp3) is 0.364. The summed E-state index contributed by atoms with van der Waals surface area (Å²) in [7, 11) is -2.95. The lowest BCUT2D eigenvalue weighted by molar-refractivity contribution is 0.0933. The number of sulfone groups is 1. The van der Waals surface area contributed by atoms with Gasteiger partial charge in [-0.25, -0.2) is 8.42 Å². The van der Waals surface area contributed by atoms with E-state index in [0.717, 1.165) is 30.1 Å². The van der Waals surface area contributed by atoms with Gasteiger partial charge in [0.1, 0.15) is 0 Å². The molecule has 3 atom stereocenters. The number of anilines is 1. The summed E-state index contributed by atoms with van der Waals surface area (Å²) < 4.78 is 23.4. The van der Waals surface area contributed by atoms with Gasteiger partial charge in [0, 0.05) is 16.5 Å². The van der Waals surface area contributed by atoms with Crippen molar-refractivity contribution in [2.75, 3.05) is 16.8 Å². The minimum Gasteiger partial charge on any atom is -0.345 e. The molecule has 1 saturated heterocycles. The van der Waals surface area contributed by atoms with Crippen LogP contribution < -0.4 is 10.6 Å². The zero-order valence-corrected chi connectivity index (χ0v) is 18.0. The maximum absolute atomic E-state index is 12.8. The normalized spacial score (nSPS) is 26.4. The van der Waals surface area contributed by atoms with E-state index >= 15 is 0 Å². The highest BCUT2D eigenvalue weighted by atomic mass is 32.2. The molecule has 0 aromatic heterocycles. The van der Waals surface area contributed by atoms with Crippen molar-refractivity contribution in [3.05, 3.63) is 65.2 Å². The first-order valence-electron chi connectivity index (χ1n) is 10.2. The molecule has 0 bridgehead atoms. The maximum atomic E-state index is 12.8. The topological polar surface area (TPSA) is 87.6 Å². The Balaban J connectivity index is 1.22. The van der Waals surface area contributed by atoms with Gasteiger partial charge in [-0.1, -0.05) is 36.0 Å². The van der Waals surface area contributed by atoms with Crippen LogP contribution in [0.1, 0.15) is 40.4 Å². The van der Waals surface area contributed by atoms with Gasteiger partial charge < -0.3 is 10.6 Å². The molecule has 2 aromatic rings. The molecule has 0 radical (unpaired) electrons. The van der Waals surface area contributed by atoms with Crippen molar-refractivity contribution in [1.29, 1.82) is 0 Å². The van der Waals surface area contributed by atoms with Gasteiger partial charge in [0.25, 0.3) is 5.91 Å². The lowest BCUT2D eigenvalue weighted by Crippen LogP contribution is -2.30. The van der Waals surface area contributed by atoms with Gasteiger partial charge in [0.05, 0.1) is 23.6 Å². The number of amidine groups is 1. The molecule has 8 heteroatoms. The number of fused-ring (bicyclic) bond motifs is 2. The van der Waals surface area contributed by atoms with Crippen LogP contribution >= 0.6 is 11.8 Å². The molecular weight excluding hydrogens is 418 g/mol. The molecule has 2 aliphatic heterocycles. The molecule has 0 spiro atoms. The summed E-state index contributed by atoms with van der Waals surface area (Å²) in [6.07, 6.45) is 3.10. The Morgan fingerprint density at radius 2 is 1.87 bits per heavy atom. The average Bonchev–Trinajstić information content (AvgIpc) is 3.21. The molecule has 5 rings (SSSR count). The summed E-state index contributed by atoms with van der Waals surface area (Å²) in [6.45, 7) is 0. The van der Waals surface area contributed by atoms with Gasteiger partial charge in [-0.2, -0.15) is 0 Å². The molecule has 1 fully saturated rings. The van der Waals surface area contributed by atoms with E-state index in [1.54, 1.807) is 12.1 Å². The molecule has 2 aromatic carbocycles. The van der Waals surface area contributed by atoms with Crippen LogP contribution in [0.4, 0.5) is 5.69 Å². The molecule has 0 unspecified atom stereocenters. The van der Waals surface area contributed by atoms with E-state index < -0.39 is 9.84 Å². The maximum Gasteiger partial charge on any atom is 0.251 e. The number of aryl methyl sites for hydroxylation is 1. The van der Waals surface area contributed by atoms with Crippen molar-refractivity contribution in [3.63, 3.8) is 0 Å². The standard InChI is InChI=1S/C22H23N3O3S2/c26-21(24-18-7-3-5-14-4-1-2-6-17(14)18)15-8-10-16(11-9-15)23-22-25-19-12-30(27,28)13-20(19)29-22/h1-2,4,6,8-11,18-20H,3,5,7,12-13H2,(H,23,25)(H,24,26)/t18-,19+,20-/m1/s1. The number of nitrogens with one attached hydrogen (secondary N) is 2. The summed E-state index contributed by atoms with van der Waals surface area (Å²) in [6, 6.07) is 15.6. The molecule has 1 amide bonds. The van der Waals surface area contributed by atoms with Crippen molar-refractivity contribution in [2.24, 2.45) is 4.99 Å². The minimum absolute atomic E-state index is 0.0147. The monoisotopic (exact) mass is 441 g/mol. The Morgan fingerprint density at radius 1 is 1.07 bits per heavy atom. The highest BCUT2D eigenvalue weighted by molar-refractivity contribution is 8.15. The third-order valence-corrected chi connectivity index (χ3v) is 9.03. The summed E-state index contributed by atoms with van der Waals surface area (Å²) in [5.41, 5.74) is 4.00. The first kappa shape index (κ1) is 19.6. The zero-order chi connectivity index (χ0) is 20.7. The predicted octanol–water partition coefficient (Wildman–Crippen LogP) is 3.17. The van der Waals surface area contributed by atoms with Gasteiger partial charge in [-0.15, -0.1) is 0 Å². The summed E-state index contributed by atoms with van der Waals surface area (Å²) in [4.78, 5) is 17.3. The first-order chi connectivity index (χ1) is 14.5. The molecule has 0 saturated carbocycles. The van der Waals surface area contributed by atoms with Crippen LogP contribution in [0.15, 0.2) is 53.5 Å². The van der Waals surface area contributed by atoms with E-state index in [0.29, 0.717) is 5.56 Å². The number of hydrogen-bond donors (Lipinski definition) is 2. The number of thioether (sulfide) groups is 1. The number of nitrogens with zero attached hydrogens (tertiary/aromatic N) is 1.